The van der Waals surface area contributed by atoms with Crippen LogP contribution in [0.5, 0.6) is 5.75 Å². The topological polar surface area (TPSA) is 72.4 Å². The third-order valence-corrected chi connectivity index (χ3v) is 6.67. The zero-order valence-corrected chi connectivity index (χ0v) is 19.3. The van der Waals surface area contributed by atoms with E-state index in [0.717, 1.165) is 36.8 Å². The van der Waals surface area contributed by atoms with E-state index >= 15 is 0 Å². The van der Waals surface area contributed by atoms with E-state index < -0.39 is 21.5 Å². The van der Waals surface area contributed by atoms with E-state index in [-0.39, 0.29) is 27.7 Å². The Morgan fingerprint density at radius 1 is 1.06 bits per heavy atom. The Kier molecular flexibility index (Phi) is 6.60. The highest BCUT2D eigenvalue weighted by Crippen LogP contribution is 2.31. The lowest BCUT2D eigenvalue weighted by atomic mass is 10.0. The standard InChI is InChI=1S/C24H25F2N3O3S/c1-3-4-16-11-27-24(28-12-16)29-13-17(14-29)15-32-19-9-21(25)23(22(26)10-19)18-5-7-20(8-6-18)33(2,30)31/h5-12,17H,3-4,13-15H2,1-2H3. The third kappa shape index (κ3) is 5.30. The molecule has 2 heterocycles. The Morgan fingerprint density at radius 3 is 2.21 bits per heavy atom. The van der Waals surface area contributed by atoms with E-state index in [4.69, 9.17) is 4.74 Å². The van der Waals surface area contributed by atoms with Crippen molar-refractivity contribution in [2.75, 3.05) is 30.9 Å². The summed E-state index contributed by atoms with van der Waals surface area (Å²) in [5.41, 5.74) is 1.14. The summed E-state index contributed by atoms with van der Waals surface area (Å²) in [6.07, 6.45) is 6.76. The minimum atomic E-state index is -3.39. The fourth-order valence-electron chi connectivity index (χ4n) is 3.76. The van der Waals surface area contributed by atoms with Crippen LogP contribution in [0.4, 0.5) is 14.7 Å². The predicted molar refractivity (Wildman–Crippen MR) is 122 cm³/mol. The number of anilines is 1. The van der Waals surface area contributed by atoms with E-state index in [1.54, 1.807) is 0 Å². The molecule has 0 atom stereocenters. The number of aromatic nitrogens is 2. The summed E-state index contributed by atoms with van der Waals surface area (Å²) in [4.78, 5) is 10.9. The molecule has 9 heteroatoms. The first-order chi connectivity index (χ1) is 15.7. The van der Waals surface area contributed by atoms with Crippen molar-refractivity contribution < 1.29 is 21.9 Å². The van der Waals surface area contributed by atoms with Gasteiger partial charge in [0.1, 0.15) is 17.4 Å². The molecule has 1 aliphatic heterocycles. The van der Waals surface area contributed by atoms with E-state index in [9.17, 15) is 17.2 Å². The van der Waals surface area contributed by atoms with Crippen molar-refractivity contribution in [1.82, 2.24) is 9.97 Å². The van der Waals surface area contributed by atoms with Gasteiger partial charge >= 0.3 is 0 Å². The summed E-state index contributed by atoms with van der Waals surface area (Å²) in [6, 6.07) is 7.73. The molecule has 6 nitrogen and oxygen atoms in total. The van der Waals surface area contributed by atoms with Crippen molar-refractivity contribution in [3.8, 4) is 16.9 Å². The zero-order valence-electron chi connectivity index (χ0n) is 18.5. The lowest BCUT2D eigenvalue weighted by Gasteiger charge is -2.38. The van der Waals surface area contributed by atoms with Crippen molar-refractivity contribution in [2.45, 2.75) is 24.7 Å². The van der Waals surface area contributed by atoms with Gasteiger partial charge in [0.2, 0.25) is 5.95 Å². The number of ether oxygens (including phenoxy) is 1. The Balaban J connectivity index is 1.35. The summed E-state index contributed by atoms with van der Waals surface area (Å²) < 4.78 is 58.1. The van der Waals surface area contributed by atoms with Crippen LogP contribution in [0.25, 0.3) is 11.1 Å². The maximum Gasteiger partial charge on any atom is 0.225 e. The molecule has 0 unspecified atom stereocenters. The lowest BCUT2D eigenvalue weighted by molar-refractivity contribution is 0.218. The quantitative estimate of drug-likeness (QED) is 0.486. The maximum absolute atomic E-state index is 14.7. The number of benzene rings is 2. The van der Waals surface area contributed by atoms with Crippen LogP contribution in [0.1, 0.15) is 18.9 Å². The van der Waals surface area contributed by atoms with E-state index in [0.29, 0.717) is 25.6 Å². The molecule has 1 saturated heterocycles. The second kappa shape index (κ2) is 9.43. The molecule has 33 heavy (non-hydrogen) atoms. The van der Waals surface area contributed by atoms with Crippen LogP contribution in [-0.2, 0) is 16.3 Å². The van der Waals surface area contributed by atoms with Crippen molar-refractivity contribution in [2.24, 2.45) is 5.92 Å². The second-order valence-electron chi connectivity index (χ2n) is 8.28. The first-order valence-electron chi connectivity index (χ1n) is 10.7. The first kappa shape index (κ1) is 23.1. The highest BCUT2D eigenvalue weighted by molar-refractivity contribution is 7.90. The number of nitrogens with zero attached hydrogens (tertiary/aromatic N) is 3. The Labute approximate surface area is 192 Å². The predicted octanol–water partition coefficient (Wildman–Crippen LogP) is 4.29. The lowest BCUT2D eigenvalue weighted by Crippen LogP contribution is -2.50. The summed E-state index contributed by atoms with van der Waals surface area (Å²) in [6.45, 7) is 3.86. The number of hydrogen-bond donors (Lipinski definition) is 0. The number of sulfone groups is 1. The molecule has 0 amide bonds. The van der Waals surface area contributed by atoms with Crippen LogP contribution >= 0.6 is 0 Å². The minimum absolute atomic E-state index is 0.0869. The smallest absolute Gasteiger partial charge is 0.225 e. The summed E-state index contributed by atoms with van der Waals surface area (Å²) >= 11 is 0. The molecule has 2 aromatic carbocycles. The molecular formula is C24H25F2N3O3S. The molecule has 1 fully saturated rings. The molecule has 0 N–H and O–H groups in total. The van der Waals surface area contributed by atoms with E-state index in [1.807, 2.05) is 17.3 Å². The van der Waals surface area contributed by atoms with Gasteiger partial charge in [-0.05, 0) is 29.7 Å². The molecule has 0 radical (unpaired) electrons. The number of hydrogen-bond acceptors (Lipinski definition) is 6. The molecule has 0 aliphatic carbocycles. The highest BCUT2D eigenvalue weighted by atomic mass is 32.2. The summed E-state index contributed by atoms with van der Waals surface area (Å²) in [5, 5.41) is 0. The molecule has 0 spiro atoms. The fraction of sp³-hybridized carbons (Fsp3) is 0.333. The van der Waals surface area contributed by atoms with Crippen LogP contribution in [0, 0.1) is 17.6 Å². The van der Waals surface area contributed by atoms with Gasteiger partial charge in [0, 0.05) is 49.8 Å². The average molecular weight is 474 g/mol. The molecule has 0 saturated carbocycles. The summed E-state index contributed by atoms with van der Waals surface area (Å²) in [7, 11) is -3.39. The molecule has 174 valence electrons. The molecule has 0 bridgehead atoms. The van der Waals surface area contributed by atoms with E-state index in [2.05, 4.69) is 16.9 Å². The van der Waals surface area contributed by atoms with Crippen LogP contribution in [-0.4, -0.2) is 44.3 Å². The largest absolute Gasteiger partial charge is 0.493 e. The summed E-state index contributed by atoms with van der Waals surface area (Å²) in [5.74, 6) is -0.548. The van der Waals surface area contributed by atoms with Crippen molar-refractivity contribution in [3.63, 3.8) is 0 Å². The molecule has 3 aromatic rings. The number of halogens is 2. The number of rotatable bonds is 8. The van der Waals surface area contributed by atoms with Crippen molar-refractivity contribution >= 4 is 15.8 Å². The van der Waals surface area contributed by atoms with Gasteiger partial charge in [-0.15, -0.1) is 0 Å². The third-order valence-electron chi connectivity index (χ3n) is 5.54. The second-order valence-corrected chi connectivity index (χ2v) is 10.3. The zero-order chi connectivity index (χ0) is 23.6. The average Bonchev–Trinajstić information content (AvgIpc) is 2.73. The van der Waals surface area contributed by atoms with Gasteiger partial charge in [-0.1, -0.05) is 25.5 Å². The molecule has 1 aliphatic rings. The van der Waals surface area contributed by atoms with E-state index in [1.165, 1.54) is 24.3 Å². The molecule has 4 rings (SSSR count). The normalized spacial score (nSPS) is 14.2. The minimum Gasteiger partial charge on any atom is -0.493 e. The Hall–Kier alpha value is -3.07. The van der Waals surface area contributed by atoms with Gasteiger partial charge in [-0.3, -0.25) is 0 Å². The maximum atomic E-state index is 14.7. The molecule has 1 aromatic heterocycles. The van der Waals surface area contributed by atoms with Gasteiger partial charge in [0.25, 0.3) is 0 Å². The first-order valence-corrected chi connectivity index (χ1v) is 12.6. The van der Waals surface area contributed by atoms with Crippen molar-refractivity contribution in [1.29, 1.82) is 0 Å². The fourth-order valence-corrected chi connectivity index (χ4v) is 4.39. The SMILES string of the molecule is CCCc1cnc(N2CC(COc3cc(F)c(-c4ccc(S(C)(=O)=O)cc4)c(F)c3)C2)nc1. The van der Waals surface area contributed by atoms with Crippen LogP contribution in [0.3, 0.4) is 0 Å². The molecular weight excluding hydrogens is 448 g/mol. The monoisotopic (exact) mass is 473 g/mol. The van der Waals surface area contributed by atoms with Gasteiger partial charge in [0.05, 0.1) is 17.1 Å². The van der Waals surface area contributed by atoms with Crippen molar-refractivity contribution in [3.05, 3.63) is 66.0 Å². The Morgan fingerprint density at radius 2 is 1.67 bits per heavy atom. The van der Waals surface area contributed by atoms with Gasteiger partial charge in [-0.25, -0.2) is 27.2 Å². The van der Waals surface area contributed by atoms with Gasteiger partial charge in [-0.2, -0.15) is 0 Å². The van der Waals surface area contributed by atoms with Gasteiger partial charge < -0.3 is 9.64 Å². The highest BCUT2D eigenvalue weighted by Gasteiger charge is 2.29. The van der Waals surface area contributed by atoms with Gasteiger partial charge in [0.15, 0.2) is 9.84 Å². The van der Waals surface area contributed by atoms with Crippen LogP contribution in [0.2, 0.25) is 0 Å². The number of aryl methyl sites for hydroxylation is 1. The van der Waals surface area contributed by atoms with Crippen LogP contribution < -0.4 is 9.64 Å². The Bertz CT molecular complexity index is 1200. The van der Waals surface area contributed by atoms with Crippen LogP contribution in [0.15, 0.2) is 53.7 Å².